The quantitative estimate of drug-likeness (QED) is 0.440. The third-order valence-electron chi connectivity index (χ3n) is 1.71. The molecule has 0 aliphatic rings. The van der Waals surface area contributed by atoms with Crippen molar-refractivity contribution < 1.29 is 9.59 Å². The zero-order valence-corrected chi connectivity index (χ0v) is 7.12. The van der Waals surface area contributed by atoms with Crippen LogP contribution in [0.25, 0.3) is 0 Å². The molecule has 0 aromatic carbocycles. The van der Waals surface area contributed by atoms with Crippen LogP contribution in [-0.4, -0.2) is 25.2 Å². The molecule has 0 aliphatic heterocycles. The smallest absolute Gasteiger partial charge is 0.211 e. The third kappa shape index (κ3) is 5.54. The van der Waals surface area contributed by atoms with E-state index in [1.54, 1.807) is 0 Å². The van der Waals surface area contributed by atoms with Crippen molar-refractivity contribution in [3.63, 3.8) is 0 Å². The first kappa shape index (κ1) is 10.8. The number of isocyanates is 2. The molecule has 0 aromatic rings. The minimum absolute atomic E-state index is 0.323. The van der Waals surface area contributed by atoms with E-state index in [1.807, 2.05) is 6.92 Å². The second kappa shape index (κ2) is 7.86. The second-order valence-electron chi connectivity index (χ2n) is 2.47. The van der Waals surface area contributed by atoms with Gasteiger partial charge in [-0.3, -0.25) is 0 Å². The molecule has 4 nitrogen and oxygen atoms in total. The summed E-state index contributed by atoms with van der Waals surface area (Å²) in [6.07, 6.45) is 4.67. The normalized spacial score (nSPS) is 11.1. The molecular weight excluding hydrogens is 156 g/mol. The summed E-state index contributed by atoms with van der Waals surface area (Å²) >= 11 is 0. The zero-order valence-electron chi connectivity index (χ0n) is 7.12. The number of nitrogens with zero attached hydrogens (tertiary/aromatic N) is 2. The van der Waals surface area contributed by atoms with Crippen LogP contribution in [-0.2, 0) is 9.59 Å². The maximum Gasteiger partial charge on any atom is 0.234 e. The maximum absolute atomic E-state index is 9.78. The Kier molecular flexibility index (Phi) is 7.05. The summed E-state index contributed by atoms with van der Waals surface area (Å²) in [5, 5.41) is 0. The van der Waals surface area contributed by atoms with E-state index in [4.69, 9.17) is 0 Å². The molecule has 0 N–H and O–H groups in total. The van der Waals surface area contributed by atoms with Gasteiger partial charge in [0.2, 0.25) is 12.2 Å². The average Bonchev–Trinajstić information content (AvgIpc) is 2.11. The average molecular weight is 168 g/mol. The van der Waals surface area contributed by atoms with Crippen LogP contribution in [0.5, 0.6) is 0 Å². The Morgan fingerprint density at radius 2 is 1.92 bits per heavy atom. The number of hydrogen-bond acceptors (Lipinski definition) is 4. The van der Waals surface area contributed by atoms with E-state index in [1.165, 1.54) is 12.2 Å². The summed E-state index contributed by atoms with van der Waals surface area (Å²) in [5.41, 5.74) is 0. The topological polar surface area (TPSA) is 58.9 Å². The maximum atomic E-state index is 9.78. The lowest BCUT2D eigenvalue weighted by molar-refractivity contribution is 0.483. The summed E-state index contributed by atoms with van der Waals surface area (Å²) < 4.78 is 0. The fraction of sp³-hybridized carbons (Fsp3) is 0.750. The van der Waals surface area contributed by atoms with E-state index in [9.17, 15) is 9.59 Å². The first-order valence-corrected chi connectivity index (χ1v) is 3.92. The Morgan fingerprint density at radius 3 is 2.42 bits per heavy atom. The van der Waals surface area contributed by atoms with Gasteiger partial charge in [0, 0.05) is 0 Å². The fourth-order valence-corrected chi connectivity index (χ4v) is 0.884. The van der Waals surface area contributed by atoms with E-state index in [2.05, 4.69) is 9.98 Å². The van der Waals surface area contributed by atoms with Gasteiger partial charge < -0.3 is 0 Å². The van der Waals surface area contributed by atoms with Gasteiger partial charge in [0.15, 0.2) is 0 Å². The van der Waals surface area contributed by atoms with Gasteiger partial charge in [0.1, 0.15) is 0 Å². The van der Waals surface area contributed by atoms with Crippen molar-refractivity contribution in [2.75, 3.05) is 13.1 Å². The standard InChI is InChI=1S/C8H12N2O2/c1-2-8(5-10-7-12)3-4-9-6-11/h8H,2-5H2,1H3. The molecule has 0 saturated carbocycles. The van der Waals surface area contributed by atoms with E-state index in [0.717, 1.165) is 12.8 Å². The minimum Gasteiger partial charge on any atom is -0.211 e. The fourth-order valence-electron chi connectivity index (χ4n) is 0.884. The highest BCUT2D eigenvalue weighted by Crippen LogP contribution is 2.07. The Labute approximate surface area is 71.4 Å². The van der Waals surface area contributed by atoms with E-state index < -0.39 is 0 Å². The van der Waals surface area contributed by atoms with Crippen molar-refractivity contribution >= 4 is 12.2 Å². The molecule has 1 atom stereocenters. The van der Waals surface area contributed by atoms with Crippen LogP contribution in [0.4, 0.5) is 0 Å². The number of rotatable bonds is 6. The highest BCUT2D eigenvalue weighted by atomic mass is 16.1. The van der Waals surface area contributed by atoms with Crippen LogP contribution in [0.2, 0.25) is 0 Å². The van der Waals surface area contributed by atoms with Crippen LogP contribution in [0.1, 0.15) is 19.8 Å². The highest BCUT2D eigenvalue weighted by molar-refractivity contribution is 5.33. The monoisotopic (exact) mass is 168 g/mol. The molecule has 0 heterocycles. The van der Waals surface area contributed by atoms with Gasteiger partial charge in [0.05, 0.1) is 13.1 Å². The van der Waals surface area contributed by atoms with Gasteiger partial charge in [-0.1, -0.05) is 13.3 Å². The molecule has 12 heavy (non-hydrogen) atoms. The molecule has 0 rings (SSSR count). The van der Waals surface area contributed by atoms with E-state index in [0.29, 0.717) is 19.0 Å². The first-order chi connectivity index (χ1) is 5.85. The molecule has 0 spiro atoms. The predicted octanol–water partition coefficient (Wildman–Crippen LogP) is 1.07. The van der Waals surface area contributed by atoms with E-state index in [-0.39, 0.29) is 0 Å². The third-order valence-corrected chi connectivity index (χ3v) is 1.71. The van der Waals surface area contributed by atoms with Crippen LogP contribution in [0, 0.1) is 5.92 Å². The van der Waals surface area contributed by atoms with Gasteiger partial charge in [-0.25, -0.2) is 19.6 Å². The molecule has 0 saturated heterocycles. The van der Waals surface area contributed by atoms with Gasteiger partial charge in [-0.15, -0.1) is 0 Å². The lowest BCUT2D eigenvalue weighted by atomic mass is 10.0. The van der Waals surface area contributed by atoms with Crippen molar-refractivity contribution in [2.45, 2.75) is 19.8 Å². The van der Waals surface area contributed by atoms with Crippen LogP contribution >= 0.6 is 0 Å². The Bertz CT molecular complexity index is 203. The summed E-state index contributed by atoms with van der Waals surface area (Å²) in [6, 6.07) is 0. The molecular formula is C8H12N2O2. The van der Waals surface area contributed by atoms with Crippen LogP contribution in [0.3, 0.4) is 0 Å². The molecule has 0 aliphatic carbocycles. The van der Waals surface area contributed by atoms with Crippen molar-refractivity contribution in [1.82, 2.24) is 0 Å². The molecule has 0 radical (unpaired) electrons. The van der Waals surface area contributed by atoms with Crippen molar-refractivity contribution in [2.24, 2.45) is 15.9 Å². The molecule has 1 unspecified atom stereocenters. The van der Waals surface area contributed by atoms with Gasteiger partial charge in [-0.05, 0) is 12.3 Å². The SMILES string of the molecule is CCC(CCN=C=O)CN=C=O. The molecule has 4 heteroatoms. The molecule has 0 aromatic heterocycles. The molecule has 0 bridgehead atoms. The lowest BCUT2D eigenvalue weighted by Gasteiger charge is -2.07. The van der Waals surface area contributed by atoms with E-state index >= 15 is 0 Å². The zero-order chi connectivity index (χ0) is 9.23. The number of aliphatic imine (C=N–C) groups is 2. The number of carbonyl (C=O) groups excluding carboxylic acids is 2. The molecule has 0 amide bonds. The van der Waals surface area contributed by atoms with Crippen LogP contribution < -0.4 is 0 Å². The van der Waals surface area contributed by atoms with Crippen molar-refractivity contribution in [1.29, 1.82) is 0 Å². The summed E-state index contributed by atoms with van der Waals surface area (Å²) in [6.45, 7) is 2.96. The Morgan fingerprint density at radius 1 is 1.25 bits per heavy atom. The van der Waals surface area contributed by atoms with Crippen molar-refractivity contribution in [3.05, 3.63) is 0 Å². The molecule has 0 fully saturated rings. The lowest BCUT2D eigenvalue weighted by Crippen LogP contribution is -2.04. The largest absolute Gasteiger partial charge is 0.234 e. The van der Waals surface area contributed by atoms with Gasteiger partial charge in [0.25, 0.3) is 0 Å². The number of hydrogen-bond donors (Lipinski definition) is 0. The first-order valence-electron chi connectivity index (χ1n) is 3.92. The summed E-state index contributed by atoms with van der Waals surface area (Å²) in [7, 11) is 0. The van der Waals surface area contributed by atoms with Gasteiger partial charge in [-0.2, -0.15) is 0 Å². The summed E-state index contributed by atoms with van der Waals surface area (Å²) in [4.78, 5) is 26.4. The van der Waals surface area contributed by atoms with Crippen molar-refractivity contribution in [3.8, 4) is 0 Å². The Hall–Kier alpha value is -1.24. The van der Waals surface area contributed by atoms with Crippen LogP contribution in [0.15, 0.2) is 9.98 Å². The predicted molar refractivity (Wildman–Crippen MR) is 44.4 cm³/mol. The Balaban J connectivity index is 3.66. The molecule has 66 valence electrons. The minimum atomic E-state index is 0.323. The van der Waals surface area contributed by atoms with Gasteiger partial charge >= 0.3 is 0 Å². The highest BCUT2D eigenvalue weighted by Gasteiger charge is 2.03. The second-order valence-corrected chi connectivity index (χ2v) is 2.47. The summed E-state index contributed by atoms with van der Waals surface area (Å²) in [5.74, 6) is 0.323.